The molecule has 134 valence electrons. The predicted molar refractivity (Wildman–Crippen MR) is 93.0 cm³/mol. The number of esters is 1. The maximum Gasteiger partial charge on any atom is 0.316 e. The van der Waals surface area contributed by atoms with Gasteiger partial charge >= 0.3 is 5.97 Å². The first-order chi connectivity index (χ1) is 11.5. The number of hydrogen-bond donors (Lipinski definition) is 1. The molecular weight excluding hydrogens is 308 g/mol. The Morgan fingerprint density at radius 1 is 1.21 bits per heavy atom. The van der Waals surface area contributed by atoms with Crippen molar-refractivity contribution >= 4 is 11.7 Å². The summed E-state index contributed by atoms with van der Waals surface area (Å²) in [6.45, 7) is 7.19. The van der Waals surface area contributed by atoms with Crippen molar-refractivity contribution in [3.8, 4) is 0 Å². The largest absolute Gasteiger partial charge is 0.733 e. The lowest BCUT2D eigenvalue weighted by molar-refractivity contribution is -0.151. The lowest BCUT2D eigenvalue weighted by Gasteiger charge is -2.29. The molecule has 0 saturated heterocycles. The smallest absolute Gasteiger partial charge is 0.316 e. The average Bonchev–Trinajstić information content (AvgIpc) is 3.09. The van der Waals surface area contributed by atoms with Crippen LogP contribution in [0, 0.1) is 5.21 Å². The van der Waals surface area contributed by atoms with Gasteiger partial charge in [-0.2, -0.15) is 0 Å². The van der Waals surface area contributed by atoms with Crippen LogP contribution in [-0.2, 0) is 14.9 Å². The molecule has 0 spiro atoms. The van der Waals surface area contributed by atoms with E-state index in [1.807, 2.05) is 0 Å². The number of rotatable bonds is 8. The highest BCUT2D eigenvalue weighted by atomic mass is 16.8. The third kappa shape index (κ3) is 4.06. The van der Waals surface area contributed by atoms with Gasteiger partial charge < -0.3 is 20.1 Å². The molecule has 1 aliphatic rings. The Morgan fingerprint density at radius 2 is 1.79 bits per heavy atom. The summed E-state index contributed by atoms with van der Waals surface area (Å²) in [5.41, 5.74) is 0.394. The number of carbonyl (C=O) groups excluding carboxylic acids is 1. The number of nitrogens with zero attached hydrogens (tertiary/aromatic N) is 2. The number of anilines is 1. The lowest BCUT2D eigenvalue weighted by Crippen LogP contribution is -2.37. The number of benzene rings is 1. The topological polar surface area (TPSA) is 76.1 Å². The van der Waals surface area contributed by atoms with Gasteiger partial charge in [-0.1, -0.05) is 38.8 Å². The van der Waals surface area contributed by atoms with E-state index in [4.69, 9.17) is 9.94 Å². The molecule has 6 heteroatoms. The molecular formula is C18H27N2O4-. The molecule has 2 rings (SSSR count). The van der Waals surface area contributed by atoms with Gasteiger partial charge in [-0.05, 0) is 43.6 Å². The maximum absolute atomic E-state index is 12.8. The molecule has 1 aromatic carbocycles. The van der Waals surface area contributed by atoms with E-state index in [1.165, 1.54) is 12.1 Å². The first-order valence-corrected chi connectivity index (χ1v) is 8.69. The van der Waals surface area contributed by atoms with Crippen LogP contribution in [0.15, 0.2) is 24.3 Å². The lowest BCUT2D eigenvalue weighted by atomic mass is 9.79. The van der Waals surface area contributed by atoms with Crippen LogP contribution >= 0.6 is 0 Å². The van der Waals surface area contributed by atoms with Crippen LogP contribution in [0.4, 0.5) is 5.69 Å². The maximum atomic E-state index is 12.8. The molecule has 0 amide bonds. The Balaban J connectivity index is 2.08. The zero-order chi connectivity index (χ0) is 17.6. The van der Waals surface area contributed by atoms with Gasteiger partial charge in [0.2, 0.25) is 0 Å². The van der Waals surface area contributed by atoms with Gasteiger partial charge in [0, 0.05) is 6.54 Å². The monoisotopic (exact) mass is 335 g/mol. The Bertz CT molecular complexity index is 520. The van der Waals surface area contributed by atoms with Crippen molar-refractivity contribution in [3.05, 3.63) is 35.0 Å². The number of carbonyl (C=O) groups is 1. The minimum Gasteiger partial charge on any atom is -0.733 e. The molecule has 0 heterocycles. The number of ether oxygens (including phenoxy) is 1. The van der Waals surface area contributed by atoms with Crippen molar-refractivity contribution in [1.29, 1.82) is 0 Å². The van der Waals surface area contributed by atoms with Gasteiger partial charge in [-0.3, -0.25) is 10.0 Å². The van der Waals surface area contributed by atoms with Crippen molar-refractivity contribution in [1.82, 2.24) is 4.90 Å². The molecule has 0 atom stereocenters. The molecule has 0 bridgehead atoms. The first kappa shape index (κ1) is 18.7. The summed E-state index contributed by atoms with van der Waals surface area (Å²) in [7, 11) is 0. The van der Waals surface area contributed by atoms with Crippen molar-refractivity contribution in [2.24, 2.45) is 0 Å². The zero-order valence-electron chi connectivity index (χ0n) is 14.5. The second-order valence-electron chi connectivity index (χ2n) is 6.27. The molecule has 0 radical (unpaired) electrons. The first-order valence-electron chi connectivity index (χ1n) is 8.69. The molecule has 6 nitrogen and oxygen atoms in total. The van der Waals surface area contributed by atoms with E-state index >= 15 is 0 Å². The molecule has 24 heavy (non-hydrogen) atoms. The SMILES string of the molecule is CCN(CC)CCOC(=O)C1(c2ccc(N([O-])O)cc2)CCCC1. The normalized spacial score (nSPS) is 16.4. The molecule has 1 saturated carbocycles. The van der Waals surface area contributed by atoms with E-state index in [9.17, 15) is 10.0 Å². The van der Waals surface area contributed by atoms with E-state index < -0.39 is 5.41 Å². The van der Waals surface area contributed by atoms with E-state index in [0.717, 1.165) is 50.9 Å². The average molecular weight is 335 g/mol. The van der Waals surface area contributed by atoms with E-state index in [0.29, 0.717) is 6.61 Å². The standard InChI is InChI=1S/C18H27N2O4/c1-3-19(4-2)13-14-24-17(21)18(11-5-6-12-18)15-7-9-16(10-8-15)20(22)23/h7-10,22H,3-6,11-14H2,1-2H3/q-1. The summed E-state index contributed by atoms with van der Waals surface area (Å²) in [5, 5.41) is 19.7. The molecule has 1 aromatic rings. The molecule has 1 fully saturated rings. The molecule has 0 aromatic heterocycles. The van der Waals surface area contributed by atoms with Crippen LogP contribution in [0.1, 0.15) is 45.1 Å². The Labute approximate surface area is 143 Å². The fourth-order valence-electron chi connectivity index (χ4n) is 3.44. The van der Waals surface area contributed by atoms with Crippen LogP contribution in [0.2, 0.25) is 0 Å². The van der Waals surface area contributed by atoms with Gasteiger partial charge in [0.05, 0.1) is 11.1 Å². The van der Waals surface area contributed by atoms with Crippen LogP contribution in [0.3, 0.4) is 0 Å². The summed E-state index contributed by atoms with van der Waals surface area (Å²) in [5.74, 6) is -0.178. The predicted octanol–water partition coefficient (Wildman–Crippen LogP) is 3.08. The second kappa shape index (κ2) is 8.46. The molecule has 0 unspecified atom stereocenters. The molecule has 0 aliphatic heterocycles. The van der Waals surface area contributed by atoms with Crippen molar-refractivity contribution in [2.75, 3.05) is 31.5 Å². The fourth-order valence-corrected chi connectivity index (χ4v) is 3.44. The third-order valence-corrected chi connectivity index (χ3v) is 5.02. The van der Waals surface area contributed by atoms with Crippen molar-refractivity contribution < 1.29 is 14.7 Å². The van der Waals surface area contributed by atoms with Gasteiger partial charge in [0.25, 0.3) is 0 Å². The Hall–Kier alpha value is -1.63. The van der Waals surface area contributed by atoms with Crippen LogP contribution in [-0.4, -0.2) is 42.3 Å². The highest BCUT2D eigenvalue weighted by Crippen LogP contribution is 2.42. The van der Waals surface area contributed by atoms with E-state index in [2.05, 4.69) is 18.7 Å². The van der Waals surface area contributed by atoms with Crippen LogP contribution < -0.4 is 5.23 Å². The number of likely N-dealkylation sites (N-methyl/N-ethyl adjacent to an activating group) is 1. The Kier molecular flexibility index (Phi) is 6.60. The summed E-state index contributed by atoms with van der Waals surface area (Å²) < 4.78 is 5.59. The van der Waals surface area contributed by atoms with Crippen molar-refractivity contribution in [3.63, 3.8) is 0 Å². The van der Waals surface area contributed by atoms with Gasteiger partial charge in [-0.25, -0.2) is 0 Å². The summed E-state index contributed by atoms with van der Waals surface area (Å²) >= 11 is 0. The van der Waals surface area contributed by atoms with Gasteiger partial charge in [0.1, 0.15) is 6.61 Å². The third-order valence-electron chi connectivity index (χ3n) is 5.02. The highest BCUT2D eigenvalue weighted by molar-refractivity contribution is 5.83. The highest BCUT2D eigenvalue weighted by Gasteiger charge is 2.44. The minimum absolute atomic E-state index is 0.154. The summed E-state index contributed by atoms with van der Waals surface area (Å²) in [4.78, 5) is 15.0. The van der Waals surface area contributed by atoms with E-state index in [1.54, 1.807) is 12.1 Å². The molecule has 1 N–H and O–H groups in total. The minimum atomic E-state index is -0.620. The second-order valence-corrected chi connectivity index (χ2v) is 6.27. The van der Waals surface area contributed by atoms with Crippen LogP contribution in [0.25, 0.3) is 0 Å². The van der Waals surface area contributed by atoms with Crippen LogP contribution in [0.5, 0.6) is 0 Å². The van der Waals surface area contributed by atoms with Gasteiger partial charge in [-0.15, -0.1) is 0 Å². The van der Waals surface area contributed by atoms with Gasteiger partial charge in [0.15, 0.2) is 0 Å². The number of hydrogen-bond acceptors (Lipinski definition) is 6. The van der Waals surface area contributed by atoms with E-state index in [-0.39, 0.29) is 16.9 Å². The van der Waals surface area contributed by atoms with Crippen molar-refractivity contribution in [2.45, 2.75) is 44.9 Å². The summed E-state index contributed by atoms with van der Waals surface area (Å²) in [6.07, 6.45) is 3.49. The molecule has 1 aliphatic carbocycles. The Morgan fingerprint density at radius 3 is 2.29 bits per heavy atom. The summed E-state index contributed by atoms with van der Waals surface area (Å²) in [6, 6.07) is 6.55. The zero-order valence-corrected chi connectivity index (χ0v) is 14.5. The fraction of sp³-hybridized carbons (Fsp3) is 0.611. The quantitative estimate of drug-likeness (QED) is 0.581.